The van der Waals surface area contributed by atoms with E-state index < -0.39 is 0 Å². The maximum atomic E-state index is 11.4. The van der Waals surface area contributed by atoms with E-state index in [1.54, 1.807) is 0 Å². The van der Waals surface area contributed by atoms with Gasteiger partial charge in [0, 0.05) is 12.0 Å². The van der Waals surface area contributed by atoms with Gasteiger partial charge in [-0.1, -0.05) is 12.8 Å². The van der Waals surface area contributed by atoms with Crippen molar-refractivity contribution in [1.82, 2.24) is 10.8 Å². The Bertz CT molecular complexity index is 248. The molecule has 2 aliphatic rings. The summed E-state index contributed by atoms with van der Waals surface area (Å²) in [6.07, 6.45) is 6.59. The molecule has 0 aromatic carbocycles. The van der Waals surface area contributed by atoms with Crippen LogP contribution in [0.3, 0.4) is 0 Å². The molecule has 5 heteroatoms. The smallest absolute Gasteiger partial charge is 0.338 e. The topological polar surface area (TPSA) is 70.6 Å². The molecular formula is C11H20N2O3. The van der Waals surface area contributed by atoms with Gasteiger partial charge in [0.15, 0.2) is 0 Å². The Morgan fingerprint density at radius 1 is 1.38 bits per heavy atom. The maximum absolute atomic E-state index is 11.4. The van der Waals surface area contributed by atoms with Crippen LogP contribution in [0.4, 0.5) is 4.79 Å². The molecule has 0 radical (unpaired) electrons. The molecule has 2 saturated carbocycles. The molecule has 0 heterocycles. The summed E-state index contributed by atoms with van der Waals surface area (Å²) in [7, 11) is 0. The predicted octanol–water partition coefficient (Wildman–Crippen LogP) is 0.932. The van der Waals surface area contributed by atoms with Crippen LogP contribution in [0.1, 0.15) is 38.5 Å². The van der Waals surface area contributed by atoms with Gasteiger partial charge in [-0.2, -0.15) is 0 Å². The van der Waals surface area contributed by atoms with Crippen molar-refractivity contribution in [2.75, 3.05) is 13.2 Å². The first-order chi connectivity index (χ1) is 7.74. The van der Waals surface area contributed by atoms with Gasteiger partial charge in [-0.25, -0.2) is 10.3 Å². The third-order valence-corrected chi connectivity index (χ3v) is 3.54. The molecule has 0 aromatic rings. The van der Waals surface area contributed by atoms with Crippen LogP contribution in [-0.4, -0.2) is 30.4 Å². The van der Waals surface area contributed by atoms with Gasteiger partial charge < -0.3 is 10.4 Å². The number of carbonyl (C=O) groups excluding carboxylic acids is 1. The zero-order valence-electron chi connectivity index (χ0n) is 9.50. The Kier molecular flexibility index (Phi) is 3.66. The van der Waals surface area contributed by atoms with E-state index in [9.17, 15) is 4.79 Å². The number of hydroxylamine groups is 1. The van der Waals surface area contributed by atoms with E-state index >= 15 is 0 Å². The van der Waals surface area contributed by atoms with Crippen molar-refractivity contribution in [1.29, 1.82) is 0 Å². The Labute approximate surface area is 95.5 Å². The number of hydrogen-bond acceptors (Lipinski definition) is 3. The molecule has 0 bridgehead atoms. The van der Waals surface area contributed by atoms with Gasteiger partial charge in [-0.3, -0.25) is 4.84 Å². The SMILES string of the molecule is O=C(NCC1(CO)CC1)NOC1CCCC1. The van der Waals surface area contributed by atoms with Crippen molar-refractivity contribution < 1.29 is 14.7 Å². The fraction of sp³-hybridized carbons (Fsp3) is 0.909. The highest BCUT2D eigenvalue weighted by molar-refractivity contribution is 5.72. The molecule has 0 saturated heterocycles. The number of hydrogen-bond donors (Lipinski definition) is 3. The van der Waals surface area contributed by atoms with Crippen molar-refractivity contribution >= 4 is 6.03 Å². The average Bonchev–Trinajstić information content (AvgIpc) is 2.90. The minimum absolute atomic E-state index is 0.0509. The highest BCUT2D eigenvalue weighted by Crippen LogP contribution is 2.44. The van der Waals surface area contributed by atoms with E-state index in [1.165, 1.54) is 12.8 Å². The normalized spacial score (nSPS) is 23.1. The van der Waals surface area contributed by atoms with E-state index in [-0.39, 0.29) is 24.2 Å². The van der Waals surface area contributed by atoms with Crippen LogP contribution in [0, 0.1) is 5.41 Å². The summed E-state index contributed by atoms with van der Waals surface area (Å²) in [5.74, 6) is 0. The molecular weight excluding hydrogens is 208 g/mol. The summed E-state index contributed by atoms with van der Waals surface area (Å²) in [6, 6.07) is -0.299. The second kappa shape index (κ2) is 5.01. The lowest BCUT2D eigenvalue weighted by atomic mass is 10.1. The number of aliphatic hydroxyl groups excluding tert-OH is 1. The third kappa shape index (κ3) is 3.09. The van der Waals surface area contributed by atoms with E-state index in [4.69, 9.17) is 9.94 Å². The Morgan fingerprint density at radius 2 is 2.06 bits per heavy atom. The Balaban J connectivity index is 1.57. The lowest BCUT2D eigenvalue weighted by Gasteiger charge is -2.15. The number of nitrogens with one attached hydrogen (secondary N) is 2. The van der Waals surface area contributed by atoms with Crippen LogP contribution in [0.15, 0.2) is 0 Å². The Morgan fingerprint density at radius 3 is 2.62 bits per heavy atom. The van der Waals surface area contributed by atoms with Crippen LogP contribution >= 0.6 is 0 Å². The van der Waals surface area contributed by atoms with E-state index in [2.05, 4.69) is 10.8 Å². The van der Waals surface area contributed by atoms with Crippen LogP contribution in [0.25, 0.3) is 0 Å². The first kappa shape index (κ1) is 11.7. The second-order valence-electron chi connectivity index (χ2n) is 4.97. The van der Waals surface area contributed by atoms with Crippen molar-refractivity contribution in [3.05, 3.63) is 0 Å². The molecule has 0 atom stereocenters. The van der Waals surface area contributed by atoms with Crippen molar-refractivity contribution in [2.45, 2.75) is 44.6 Å². The molecule has 0 aliphatic heterocycles. The number of rotatable bonds is 5. The highest BCUT2D eigenvalue weighted by atomic mass is 16.7. The molecule has 2 amide bonds. The Hall–Kier alpha value is -0.810. The minimum atomic E-state index is -0.299. The molecule has 2 rings (SSSR count). The van der Waals surface area contributed by atoms with Crippen molar-refractivity contribution in [2.24, 2.45) is 5.41 Å². The highest BCUT2D eigenvalue weighted by Gasteiger charge is 2.42. The molecule has 2 fully saturated rings. The first-order valence-electron chi connectivity index (χ1n) is 6.04. The van der Waals surface area contributed by atoms with Crippen LogP contribution in [0.2, 0.25) is 0 Å². The second-order valence-corrected chi connectivity index (χ2v) is 4.97. The van der Waals surface area contributed by atoms with Gasteiger partial charge in [0.1, 0.15) is 0 Å². The molecule has 0 aromatic heterocycles. The van der Waals surface area contributed by atoms with Gasteiger partial charge in [0.05, 0.1) is 12.7 Å². The van der Waals surface area contributed by atoms with Crippen LogP contribution < -0.4 is 10.8 Å². The molecule has 92 valence electrons. The molecule has 0 unspecified atom stereocenters. The van der Waals surface area contributed by atoms with Gasteiger partial charge in [0.25, 0.3) is 0 Å². The lowest BCUT2D eigenvalue weighted by molar-refractivity contribution is -0.000192. The summed E-state index contributed by atoms with van der Waals surface area (Å²) in [4.78, 5) is 16.6. The monoisotopic (exact) mass is 228 g/mol. The number of amides is 2. The first-order valence-corrected chi connectivity index (χ1v) is 6.04. The predicted molar refractivity (Wildman–Crippen MR) is 58.6 cm³/mol. The number of urea groups is 1. The quantitative estimate of drug-likeness (QED) is 0.613. The van der Waals surface area contributed by atoms with Crippen LogP contribution in [0.5, 0.6) is 0 Å². The molecule has 3 N–H and O–H groups in total. The largest absolute Gasteiger partial charge is 0.396 e. The van der Waals surface area contributed by atoms with Crippen molar-refractivity contribution in [3.8, 4) is 0 Å². The minimum Gasteiger partial charge on any atom is -0.396 e. The lowest BCUT2D eigenvalue weighted by Crippen LogP contribution is -2.40. The zero-order chi connectivity index (χ0) is 11.4. The number of aliphatic hydroxyl groups is 1. The van der Waals surface area contributed by atoms with Crippen LogP contribution in [-0.2, 0) is 4.84 Å². The summed E-state index contributed by atoms with van der Waals surface area (Å²) in [5.41, 5.74) is 2.37. The fourth-order valence-corrected chi connectivity index (χ4v) is 2.01. The summed E-state index contributed by atoms with van der Waals surface area (Å²) >= 11 is 0. The molecule has 2 aliphatic carbocycles. The average molecular weight is 228 g/mol. The van der Waals surface area contributed by atoms with Gasteiger partial charge >= 0.3 is 6.03 Å². The molecule has 5 nitrogen and oxygen atoms in total. The third-order valence-electron chi connectivity index (χ3n) is 3.54. The standard InChI is InChI=1S/C11H20N2O3/c14-8-11(5-6-11)7-12-10(15)13-16-9-3-1-2-4-9/h9,14H,1-8H2,(H2,12,13,15). The van der Waals surface area contributed by atoms with Crippen molar-refractivity contribution in [3.63, 3.8) is 0 Å². The summed E-state index contributed by atoms with van der Waals surface area (Å²) < 4.78 is 0. The number of carbonyl (C=O) groups is 1. The van der Waals surface area contributed by atoms with E-state index in [1.807, 2.05) is 0 Å². The fourth-order valence-electron chi connectivity index (χ4n) is 2.01. The molecule has 0 spiro atoms. The summed E-state index contributed by atoms with van der Waals surface area (Å²) in [5, 5.41) is 11.8. The zero-order valence-corrected chi connectivity index (χ0v) is 9.50. The molecule has 16 heavy (non-hydrogen) atoms. The van der Waals surface area contributed by atoms with Gasteiger partial charge in [0.2, 0.25) is 0 Å². The van der Waals surface area contributed by atoms with E-state index in [0.717, 1.165) is 25.7 Å². The van der Waals surface area contributed by atoms with E-state index in [0.29, 0.717) is 6.54 Å². The summed E-state index contributed by atoms with van der Waals surface area (Å²) in [6.45, 7) is 0.681. The maximum Gasteiger partial charge on any atom is 0.338 e. The van der Waals surface area contributed by atoms with Gasteiger partial charge in [-0.05, 0) is 25.7 Å². The van der Waals surface area contributed by atoms with Gasteiger partial charge in [-0.15, -0.1) is 0 Å².